The highest BCUT2D eigenvalue weighted by atomic mass is 15.0. The zero-order valence-corrected chi connectivity index (χ0v) is 9.80. The standard InChI is InChI=1S/C15H14N2/c1-12-4-2-6-15-14(12)7-9-17(15)11-13-5-3-8-16-10-13/h2-10H,11H2,1H3. The fraction of sp³-hybridized carbons (Fsp3) is 0.133. The molecule has 0 aliphatic heterocycles. The number of hydrogen-bond acceptors (Lipinski definition) is 1. The third-order valence-electron chi connectivity index (χ3n) is 3.11. The average molecular weight is 222 g/mol. The third-order valence-corrected chi connectivity index (χ3v) is 3.11. The smallest absolute Gasteiger partial charge is 0.0491 e. The maximum absolute atomic E-state index is 4.15. The Labute approximate surface area is 101 Å². The van der Waals surface area contributed by atoms with Crippen molar-refractivity contribution in [1.82, 2.24) is 9.55 Å². The van der Waals surface area contributed by atoms with Gasteiger partial charge in [-0.2, -0.15) is 0 Å². The van der Waals surface area contributed by atoms with Crippen molar-refractivity contribution < 1.29 is 0 Å². The van der Waals surface area contributed by atoms with E-state index in [1.165, 1.54) is 22.0 Å². The zero-order chi connectivity index (χ0) is 11.7. The Bertz CT molecular complexity index is 638. The number of aryl methyl sites for hydroxylation is 1. The number of rotatable bonds is 2. The Morgan fingerprint density at radius 1 is 1.12 bits per heavy atom. The molecule has 0 fully saturated rings. The minimum absolute atomic E-state index is 0.876. The van der Waals surface area contributed by atoms with Gasteiger partial charge < -0.3 is 4.57 Å². The molecule has 0 unspecified atom stereocenters. The second kappa shape index (κ2) is 4.06. The van der Waals surface area contributed by atoms with Crippen molar-refractivity contribution in [2.45, 2.75) is 13.5 Å². The van der Waals surface area contributed by atoms with Crippen LogP contribution < -0.4 is 0 Å². The summed E-state index contributed by atoms with van der Waals surface area (Å²) in [5.41, 5.74) is 3.84. The van der Waals surface area contributed by atoms with Gasteiger partial charge in [-0.15, -0.1) is 0 Å². The lowest BCUT2D eigenvalue weighted by atomic mass is 10.1. The molecular weight excluding hydrogens is 208 g/mol. The first-order chi connectivity index (χ1) is 8.34. The SMILES string of the molecule is Cc1cccc2c1ccn2Cc1cccnc1. The molecule has 0 bridgehead atoms. The van der Waals surface area contributed by atoms with E-state index in [2.05, 4.69) is 53.0 Å². The second-order valence-electron chi connectivity index (χ2n) is 4.31. The van der Waals surface area contributed by atoms with Crippen molar-refractivity contribution in [1.29, 1.82) is 0 Å². The molecule has 2 heteroatoms. The molecule has 84 valence electrons. The van der Waals surface area contributed by atoms with Gasteiger partial charge in [-0.05, 0) is 36.2 Å². The van der Waals surface area contributed by atoms with Gasteiger partial charge in [0, 0.05) is 36.0 Å². The minimum Gasteiger partial charge on any atom is -0.343 e. The number of fused-ring (bicyclic) bond motifs is 1. The van der Waals surface area contributed by atoms with Crippen LogP contribution in [0.3, 0.4) is 0 Å². The molecule has 1 aromatic carbocycles. The summed E-state index contributed by atoms with van der Waals surface area (Å²) >= 11 is 0. The van der Waals surface area contributed by atoms with E-state index < -0.39 is 0 Å². The van der Waals surface area contributed by atoms with Gasteiger partial charge in [0.25, 0.3) is 0 Å². The number of nitrogens with zero attached hydrogens (tertiary/aromatic N) is 2. The van der Waals surface area contributed by atoms with Gasteiger partial charge in [0.05, 0.1) is 0 Å². The van der Waals surface area contributed by atoms with Crippen LogP contribution in [0, 0.1) is 6.92 Å². The van der Waals surface area contributed by atoms with Gasteiger partial charge in [-0.25, -0.2) is 0 Å². The van der Waals surface area contributed by atoms with Crippen molar-refractivity contribution in [2.75, 3.05) is 0 Å². The van der Waals surface area contributed by atoms with E-state index in [0.29, 0.717) is 0 Å². The predicted octanol–water partition coefficient (Wildman–Crippen LogP) is 3.39. The lowest BCUT2D eigenvalue weighted by Gasteiger charge is -2.05. The summed E-state index contributed by atoms with van der Waals surface area (Å²) in [4.78, 5) is 4.15. The molecule has 0 saturated carbocycles. The van der Waals surface area contributed by atoms with Crippen molar-refractivity contribution >= 4 is 10.9 Å². The number of benzene rings is 1. The van der Waals surface area contributed by atoms with Gasteiger partial charge in [-0.1, -0.05) is 18.2 Å². The van der Waals surface area contributed by atoms with E-state index in [1.54, 1.807) is 6.20 Å². The highest BCUT2D eigenvalue weighted by molar-refractivity contribution is 5.83. The van der Waals surface area contributed by atoms with Crippen LogP contribution in [0.4, 0.5) is 0 Å². The first kappa shape index (κ1) is 10.1. The summed E-state index contributed by atoms with van der Waals surface area (Å²) < 4.78 is 2.26. The van der Waals surface area contributed by atoms with Crippen LogP contribution in [-0.4, -0.2) is 9.55 Å². The van der Waals surface area contributed by atoms with Gasteiger partial charge in [0.2, 0.25) is 0 Å². The highest BCUT2D eigenvalue weighted by Crippen LogP contribution is 2.20. The normalized spacial score (nSPS) is 10.9. The Hall–Kier alpha value is -2.09. The van der Waals surface area contributed by atoms with Crippen molar-refractivity contribution in [2.24, 2.45) is 0 Å². The molecule has 3 rings (SSSR count). The molecule has 2 aromatic heterocycles. The Morgan fingerprint density at radius 2 is 2.06 bits per heavy atom. The number of hydrogen-bond donors (Lipinski definition) is 0. The fourth-order valence-electron chi connectivity index (χ4n) is 2.20. The lowest BCUT2D eigenvalue weighted by molar-refractivity contribution is 0.831. The van der Waals surface area contributed by atoms with E-state index in [0.717, 1.165) is 6.54 Å². The summed E-state index contributed by atoms with van der Waals surface area (Å²) in [6.07, 6.45) is 5.87. The molecule has 2 heterocycles. The predicted molar refractivity (Wildman–Crippen MR) is 70.0 cm³/mol. The molecule has 2 nitrogen and oxygen atoms in total. The Balaban J connectivity index is 2.05. The molecule has 0 amide bonds. The van der Waals surface area contributed by atoms with E-state index in [4.69, 9.17) is 0 Å². The largest absolute Gasteiger partial charge is 0.343 e. The maximum atomic E-state index is 4.15. The maximum Gasteiger partial charge on any atom is 0.0491 e. The van der Waals surface area contributed by atoms with Gasteiger partial charge in [0.15, 0.2) is 0 Å². The Morgan fingerprint density at radius 3 is 2.88 bits per heavy atom. The van der Waals surface area contributed by atoms with Crippen LogP contribution in [-0.2, 0) is 6.54 Å². The topological polar surface area (TPSA) is 17.8 Å². The minimum atomic E-state index is 0.876. The van der Waals surface area contributed by atoms with Crippen molar-refractivity contribution in [3.63, 3.8) is 0 Å². The fourth-order valence-corrected chi connectivity index (χ4v) is 2.20. The molecule has 0 radical (unpaired) electrons. The van der Waals surface area contributed by atoms with Gasteiger partial charge >= 0.3 is 0 Å². The van der Waals surface area contributed by atoms with E-state index >= 15 is 0 Å². The molecule has 0 aliphatic carbocycles. The summed E-state index contributed by atoms with van der Waals surface area (Å²) in [6.45, 7) is 3.03. The molecule has 0 aliphatic rings. The van der Waals surface area contributed by atoms with Crippen LogP contribution in [0.5, 0.6) is 0 Å². The summed E-state index contributed by atoms with van der Waals surface area (Å²) in [5, 5.41) is 1.33. The van der Waals surface area contributed by atoms with Crippen LogP contribution >= 0.6 is 0 Å². The molecule has 3 aromatic rings. The van der Waals surface area contributed by atoms with E-state index in [1.807, 2.05) is 12.3 Å². The van der Waals surface area contributed by atoms with Gasteiger partial charge in [-0.3, -0.25) is 4.98 Å². The quantitative estimate of drug-likeness (QED) is 0.650. The summed E-state index contributed by atoms with van der Waals surface area (Å²) in [7, 11) is 0. The number of pyridine rings is 1. The monoisotopic (exact) mass is 222 g/mol. The van der Waals surface area contributed by atoms with Crippen LogP contribution in [0.1, 0.15) is 11.1 Å². The highest BCUT2D eigenvalue weighted by Gasteiger charge is 2.03. The summed E-state index contributed by atoms with van der Waals surface area (Å²) in [5.74, 6) is 0. The van der Waals surface area contributed by atoms with E-state index in [-0.39, 0.29) is 0 Å². The molecule has 0 N–H and O–H groups in total. The van der Waals surface area contributed by atoms with Gasteiger partial charge in [0.1, 0.15) is 0 Å². The van der Waals surface area contributed by atoms with Crippen LogP contribution in [0.2, 0.25) is 0 Å². The second-order valence-corrected chi connectivity index (χ2v) is 4.31. The average Bonchev–Trinajstić information content (AvgIpc) is 2.76. The zero-order valence-electron chi connectivity index (χ0n) is 9.80. The van der Waals surface area contributed by atoms with Crippen molar-refractivity contribution in [3.8, 4) is 0 Å². The third kappa shape index (κ3) is 1.82. The van der Waals surface area contributed by atoms with Crippen LogP contribution in [0.15, 0.2) is 55.0 Å². The molecule has 0 saturated heterocycles. The lowest BCUT2D eigenvalue weighted by Crippen LogP contribution is -1.97. The van der Waals surface area contributed by atoms with Crippen molar-refractivity contribution in [3.05, 3.63) is 66.1 Å². The Kier molecular flexibility index (Phi) is 2.41. The summed E-state index contributed by atoms with van der Waals surface area (Å²) in [6, 6.07) is 12.7. The molecule has 0 spiro atoms. The number of aromatic nitrogens is 2. The molecular formula is C15H14N2. The molecule has 17 heavy (non-hydrogen) atoms. The molecule has 0 atom stereocenters. The first-order valence-electron chi connectivity index (χ1n) is 5.78. The van der Waals surface area contributed by atoms with E-state index in [9.17, 15) is 0 Å². The van der Waals surface area contributed by atoms with Crippen LogP contribution in [0.25, 0.3) is 10.9 Å². The first-order valence-corrected chi connectivity index (χ1v) is 5.78.